The van der Waals surface area contributed by atoms with E-state index in [-0.39, 0.29) is 5.69 Å². The minimum absolute atomic E-state index is 0.227. The van der Waals surface area contributed by atoms with Crippen molar-refractivity contribution in [2.75, 3.05) is 0 Å². The molecule has 0 saturated heterocycles. The van der Waals surface area contributed by atoms with Gasteiger partial charge in [-0.2, -0.15) is 4.98 Å². The average Bonchev–Trinajstić information content (AvgIpc) is 2.69. The van der Waals surface area contributed by atoms with Gasteiger partial charge < -0.3 is 4.57 Å². The van der Waals surface area contributed by atoms with Gasteiger partial charge in [-0.15, -0.1) is 0 Å². The van der Waals surface area contributed by atoms with Gasteiger partial charge in [-0.05, 0) is 18.6 Å². The topological polar surface area (TPSA) is 80.6 Å². The maximum atomic E-state index is 12.2. The van der Waals surface area contributed by atoms with Crippen LogP contribution in [0.2, 0.25) is 0 Å². The van der Waals surface area contributed by atoms with Crippen molar-refractivity contribution in [3.05, 3.63) is 45.1 Å². The molecular formula is C22H30N4O2. The van der Waals surface area contributed by atoms with Crippen LogP contribution in [0, 0.1) is 0 Å². The fourth-order valence-electron chi connectivity index (χ4n) is 3.73. The average molecular weight is 383 g/mol. The summed E-state index contributed by atoms with van der Waals surface area (Å²) in [5.41, 5.74) is 0.783. The zero-order chi connectivity index (χ0) is 19.8. The molecule has 3 rings (SSSR count). The summed E-state index contributed by atoms with van der Waals surface area (Å²) < 4.78 is 1.97. The number of aromatic amines is 1. The second kappa shape index (κ2) is 10.2. The molecule has 0 saturated carbocycles. The second-order valence-corrected chi connectivity index (χ2v) is 7.48. The van der Waals surface area contributed by atoms with E-state index >= 15 is 0 Å². The van der Waals surface area contributed by atoms with Gasteiger partial charge >= 0.3 is 5.69 Å². The van der Waals surface area contributed by atoms with Crippen LogP contribution in [-0.2, 0) is 6.54 Å². The number of rotatable bonds is 11. The first-order valence-electron chi connectivity index (χ1n) is 10.6. The molecule has 28 heavy (non-hydrogen) atoms. The van der Waals surface area contributed by atoms with E-state index in [1.54, 1.807) is 0 Å². The highest BCUT2D eigenvalue weighted by Gasteiger charge is 2.17. The van der Waals surface area contributed by atoms with E-state index < -0.39 is 11.2 Å². The number of nitrogens with one attached hydrogen (secondary N) is 1. The molecule has 0 spiro atoms. The summed E-state index contributed by atoms with van der Waals surface area (Å²) in [5.74, 6) is 0.378. The van der Waals surface area contributed by atoms with Crippen molar-refractivity contribution >= 4 is 11.0 Å². The van der Waals surface area contributed by atoms with Crippen LogP contribution in [0.3, 0.4) is 0 Å². The van der Waals surface area contributed by atoms with Crippen LogP contribution < -0.4 is 11.2 Å². The Kier molecular flexibility index (Phi) is 7.34. The first kappa shape index (κ1) is 20.2. The maximum Gasteiger partial charge on any atom is 0.349 e. The molecule has 1 N–H and O–H groups in total. The Labute approximate surface area is 165 Å². The highest BCUT2D eigenvalue weighted by atomic mass is 16.2. The Morgan fingerprint density at radius 2 is 1.50 bits per heavy atom. The van der Waals surface area contributed by atoms with Gasteiger partial charge in [0, 0.05) is 6.54 Å². The highest BCUT2D eigenvalue weighted by Crippen LogP contribution is 2.21. The molecule has 0 atom stereocenters. The van der Waals surface area contributed by atoms with Crippen LogP contribution in [0.4, 0.5) is 0 Å². The molecule has 0 radical (unpaired) electrons. The van der Waals surface area contributed by atoms with Crippen molar-refractivity contribution < 1.29 is 0 Å². The molecule has 0 aromatic heterocycles. The van der Waals surface area contributed by atoms with Gasteiger partial charge in [-0.3, -0.25) is 9.78 Å². The van der Waals surface area contributed by atoms with Crippen molar-refractivity contribution in [1.29, 1.82) is 0 Å². The fraction of sp³-hybridized carbons (Fsp3) is 0.545. The first-order valence-corrected chi connectivity index (χ1v) is 10.6. The van der Waals surface area contributed by atoms with Crippen molar-refractivity contribution in [1.82, 2.24) is 19.5 Å². The summed E-state index contributed by atoms with van der Waals surface area (Å²) in [4.78, 5) is 34.6. The van der Waals surface area contributed by atoms with Crippen molar-refractivity contribution in [2.24, 2.45) is 0 Å². The summed E-state index contributed by atoms with van der Waals surface area (Å²) >= 11 is 0. The van der Waals surface area contributed by atoms with E-state index in [4.69, 9.17) is 0 Å². The molecule has 0 unspecified atom stereocenters. The van der Waals surface area contributed by atoms with Crippen LogP contribution in [0.25, 0.3) is 22.6 Å². The van der Waals surface area contributed by atoms with Gasteiger partial charge in [0.1, 0.15) is 0 Å². The lowest BCUT2D eigenvalue weighted by atomic mass is 10.1. The van der Waals surface area contributed by atoms with E-state index in [1.807, 2.05) is 28.8 Å². The number of hydrogen-bond donors (Lipinski definition) is 1. The Morgan fingerprint density at radius 1 is 0.857 bits per heavy atom. The monoisotopic (exact) mass is 382 g/mol. The number of nitrogens with zero attached hydrogens (tertiary/aromatic N) is 3. The lowest BCUT2D eigenvalue weighted by Gasteiger charge is -2.16. The zero-order valence-electron chi connectivity index (χ0n) is 16.7. The Hall–Kier alpha value is -2.50. The lowest BCUT2D eigenvalue weighted by Crippen LogP contribution is -2.28. The molecule has 2 aliphatic rings. The molecule has 2 heterocycles. The third-order valence-corrected chi connectivity index (χ3v) is 5.25. The molecule has 1 aromatic carbocycles. The second-order valence-electron chi connectivity index (χ2n) is 7.48. The van der Waals surface area contributed by atoms with E-state index in [2.05, 4.69) is 21.9 Å². The number of hydrogen-bond acceptors (Lipinski definition) is 4. The van der Waals surface area contributed by atoms with E-state index in [9.17, 15) is 9.59 Å². The van der Waals surface area contributed by atoms with Crippen LogP contribution in [0.1, 0.15) is 71.1 Å². The number of aromatic nitrogens is 4. The lowest BCUT2D eigenvalue weighted by molar-refractivity contribution is 0.537. The van der Waals surface area contributed by atoms with Gasteiger partial charge in [0.05, 0.1) is 11.0 Å². The summed E-state index contributed by atoms with van der Waals surface area (Å²) in [6, 6.07) is 7.69. The Balaban J connectivity index is 1.62. The Bertz CT molecular complexity index is 976. The minimum Gasteiger partial charge on any atom is -0.322 e. The largest absolute Gasteiger partial charge is 0.349 e. The van der Waals surface area contributed by atoms with Gasteiger partial charge in [-0.25, -0.2) is 9.78 Å². The third kappa shape index (κ3) is 5.06. The van der Waals surface area contributed by atoms with Crippen molar-refractivity contribution in [3.63, 3.8) is 0 Å². The van der Waals surface area contributed by atoms with E-state index in [0.717, 1.165) is 30.4 Å². The molecule has 0 amide bonds. The number of fused-ring (bicyclic) bond motifs is 2. The third-order valence-electron chi connectivity index (χ3n) is 5.25. The molecule has 0 aliphatic carbocycles. The number of para-hydroxylation sites is 2. The molecule has 150 valence electrons. The molecule has 2 aliphatic heterocycles. The van der Waals surface area contributed by atoms with Crippen molar-refractivity contribution in [2.45, 2.75) is 77.7 Å². The SMILES string of the molecule is CCCCCCCCCCCCn1c2nc(=O)[nH]c(=O)c-2nc2ccccc21. The normalized spacial score (nSPS) is 11.5. The van der Waals surface area contributed by atoms with Crippen LogP contribution in [-0.4, -0.2) is 19.5 Å². The number of H-pyrrole nitrogens is 1. The predicted octanol–water partition coefficient (Wildman–Crippen LogP) is 4.51. The smallest absolute Gasteiger partial charge is 0.322 e. The Morgan fingerprint density at radius 3 is 2.21 bits per heavy atom. The number of aryl methyl sites for hydroxylation is 1. The van der Waals surface area contributed by atoms with E-state index in [1.165, 1.54) is 51.4 Å². The summed E-state index contributed by atoms with van der Waals surface area (Å²) in [7, 11) is 0. The summed E-state index contributed by atoms with van der Waals surface area (Å²) in [6.45, 7) is 2.97. The van der Waals surface area contributed by atoms with Gasteiger partial charge in [0.2, 0.25) is 0 Å². The molecule has 0 bridgehead atoms. The fourth-order valence-corrected chi connectivity index (χ4v) is 3.73. The summed E-state index contributed by atoms with van der Waals surface area (Å²) in [6.07, 6.45) is 12.6. The number of benzene rings is 1. The van der Waals surface area contributed by atoms with Crippen LogP contribution >= 0.6 is 0 Å². The van der Waals surface area contributed by atoms with Crippen LogP contribution in [0.5, 0.6) is 0 Å². The molecule has 6 nitrogen and oxygen atoms in total. The maximum absolute atomic E-state index is 12.2. The van der Waals surface area contributed by atoms with Gasteiger partial charge in [0.25, 0.3) is 5.56 Å². The van der Waals surface area contributed by atoms with Gasteiger partial charge in [-0.1, -0.05) is 76.8 Å². The molecule has 1 aromatic rings. The van der Waals surface area contributed by atoms with Crippen molar-refractivity contribution in [3.8, 4) is 11.5 Å². The standard InChI is InChI=1S/C22H30N4O2/c1-2-3-4-5-6-7-8-9-10-13-16-26-18-15-12-11-14-17(18)23-19-20(26)24-22(28)25-21(19)27/h11-12,14-15H,2-10,13,16H2,1H3,(H,25,27,28). The van der Waals surface area contributed by atoms with E-state index in [0.29, 0.717) is 5.82 Å². The first-order chi connectivity index (χ1) is 13.7. The zero-order valence-corrected chi connectivity index (χ0v) is 16.7. The number of unbranched alkanes of at least 4 members (excludes halogenated alkanes) is 9. The molecular weight excluding hydrogens is 352 g/mol. The van der Waals surface area contributed by atoms with Crippen LogP contribution in [0.15, 0.2) is 33.9 Å². The predicted molar refractivity (Wildman–Crippen MR) is 113 cm³/mol. The quantitative estimate of drug-likeness (QED) is 0.391. The minimum atomic E-state index is -0.619. The van der Waals surface area contributed by atoms with Gasteiger partial charge in [0.15, 0.2) is 11.5 Å². The molecule has 0 fully saturated rings. The highest BCUT2D eigenvalue weighted by molar-refractivity contribution is 5.79. The molecule has 6 heteroatoms. The summed E-state index contributed by atoms with van der Waals surface area (Å²) in [5, 5.41) is 0.